The van der Waals surface area contributed by atoms with Crippen LogP contribution in [0.1, 0.15) is 37.2 Å². The molecule has 1 aromatic carbocycles. The topological polar surface area (TPSA) is 75.0 Å². The number of benzene rings is 1. The van der Waals surface area contributed by atoms with Gasteiger partial charge in [-0.25, -0.2) is 8.42 Å². The highest BCUT2D eigenvalue weighted by Gasteiger charge is 2.52. The van der Waals surface area contributed by atoms with Crippen LogP contribution in [0, 0.1) is 16.7 Å². The first-order valence-electron chi connectivity index (χ1n) is 6.77. The Bertz CT molecular complexity index is 717. The van der Waals surface area contributed by atoms with Crippen molar-refractivity contribution in [2.24, 2.45) is 5.41 Å². The Balaban J connectivity index is 2.17. The Hall–Kier alpha value is -1.67. The van der Waals surface area contributed by atoms with Gasteiger partial charge in [-0.1, -0.05) is 24.6 Å². The number of hydrogen-bond donors (Lipinski definition) is 0. The monoisotopic (exact) mass is 289 g/mol. The minimum absolute atomic E-state index is 0.0943. The maximum Gasteiger partial charge on any atom is 0.179 e. The van der Waals surface area contributed by atoms with Crippen molar-refractivity contribution in [1.82, 2.24) is 0 Å². The normalized spacial score (nSPS) is 31.6. The lowest BCUT2D eigenvalue weighted by molar-refractivity contribution is -0.129. The molecule has 2 aliphatic rings. The number of nitriles is 1. The molecule has 0 aromatic heterocycles. The average Bonchev–Trinajstić information content (AvgIpc) is 2.73. The van der Waals surface area contributed by atoms with Gasteiger partial charge in [-0.2, -0.15) is 5.26 Å². The van der Waals surface area contributed by atoms with E-state index in [1.54, 1.807) is 24.3 Å². The first-order chi connectivity index (χ1) is 9.51. The van der Waals surface area contributed by atoms with Gasteiger partial charge in [0.15, 0.2) is 15.6 Å². The largest absolute Gasteiger partial charge is 0.298 e. The van der Waals surface area contributed by atoms with Crippen LogP contribution in [-0.2, 0) is 14.6 Å². The molecule has 0 radical (unpaired) electrons. The second-order valence-corrected chi connectivity index (χ2v) is 7.59. The molecule has 5 heteroatoms. The lowest BCUT2D eigenvalue weighted by Crippen LogP contribution is -2.39. The third-order valence-corrected chi connectivity index (χ3v) is 6.35. The summed E-state index contributed by atoms with van der Waals surface area (Å²) in [5, 5.41) is 9.60. The van der Waals surface area contributed by atoms with E-state index >= 15 is 0 Å². The Morgan fingerprint density at radius 1 is 1.25 bits per heavy atom. The average molecular weight is 289 g/mol. The van der Waals surface area contributed by atoms with E-state index in [0.29, 0.717) is 18.4 Å². The summed E-state index contributed by atoms with van der Waals surface area (Å²) in [5.74, 6) is -0.726. The van der Waals surface area contributed by atoms with Crippen LogP contribution >= 0.6 is 0 Å². The van der Waals surface area contributed by atoms with Crippen molar-refractivity contribution in [2.45, 2.75) is 36.5 Å². The highest BCUT2D eigenvalue weighted by Crippen LogP contribution is 2.50. The summed E-state index contributed by atoms with van der Waals surface area (Å²) < 4.78 is 24.5. The van der Waals surface area contributed by atoms with Gasteiger partial charge in [-0.05, 0) is 24.5 Å². The number of nitrogens with zero attached hydrogens (tertiary/aromatic N) is 1. The van der Waals surface area contributed by atoms with E-state index in [-0.39, 0.29) is 16.4 Å². The van der Waals surface area contributed by atoms with Crippen molar-refractivity contribution in [3.63, 3.8) is 0 Å². The third kappa shape index (κ3) is 1.71. The van der Waals surface area contributed by atoms with Gasteiger partial charge in [0.2, 0.25) is 0 Å². The molecule has 3 rings (SSSR count). The van der Waals surface area contributed by atoms with E-state index in [2.05, 4.69) is 6.07 Å². The molecule has 1 aliphatic carbocycles. The molecule has 20 heavy (non-hydrogen) atoms. The molecule has 0 N–H and O–H groups in total. The number of carbonyl (C=O) groups is 1. The summed E-state index contributed by atoms with van der Waals surface area (Å²) in [7, 11) is -3.38. The lowest BCUT2D eigenvalue weighted by Gasteiger charge is -2.34. The van der Waals surface area contributed by atoms with Crippen molar-refractivity contribution in [2.75, 3.05) is 5.75 Å². The maximum absolute atomic E-state index is 12.3. The fourth-order valence-corrected chi connectivity index (χ4v) is 5.41. The molecule has 1 saturated carbocycles. The molecule has 1 aromatic rings. The van der Waals surface area contributed by atoms with E-state index in [9.17, 15) is 18.5 Å². The quantitative estimate of drug-likeness (QED) is 0.794. The molecule has 4 nitrogen and oxygen atoms in total. The molecule has 2 unspecified atom stereocenters. The Morgan fingerprint density at radius 3 is 2.70 bits per heavy atom. The molecule has 2 atom stereocenters. The van der Waals surface area contributed by atoms with Crippen LogP contribution in [-0.4, -0.2) is 20.0 Å². The van der Waals surface area contributed by atoms with E-state index in [0.717, 1.165) is 12.8 Å². The van der Waals surface area contributed by atoms with Crippen LogP contribution < -0.4 is 0 Å². The molecule has 0 spiro atoms. The van der Waals surface area contributed by atoms with E-state index < -0.39 is 21.2 Å². The molecule has 1 heterocycles. The first-order valence-corrected chi connectivity index (χ1v) is 8.43. The summed E-state index contributed by atoms with van der Waals surface area (Å²) in [5.41, 5.74) is -0.512. The van der Waals surface area contributed by atoms with Gasteiger partial charge in [0, 0.05) is 12.3 Å². The number of ketones is 1. The maximum atomic E-state index is 12.3. The number of Topliss-reactive ketones (excluding diaryl/α,β-unsaturated/α-hetero) is 1. The zero-order valence-corrected chi connectivity index (χ0v) is 11.8. The van der Waals surface area contributed by atoms with Crippen molar-refractivity contribution in [1.29, 1.82) is 5.26 Å². The molecule has 0 amide bonds. The minimum atomic E-state index is -3.38. The predicted octanol–water partition coefficient (Wildman–Crippen LogP) is 2.21. The number of carbonyl (C=O) groups excluding carboxylic acids is 1. The highest BCUT2D eigenvalue weighted by atomic mass is 32.2. The lowest BCUT2D eigenvalue weighted by atomic mass is 9.64. The highest BCUT2D eigenvalue weighted by molar-refractivity contribution is 7.91. The Kier molecular flexibility index (Phi) is 2.94. The SMILES string of the molecule is N#CC1(C2CS(=O)(=O)c3ccccc32)CCCCC1=O. The second kappa shape index (κ2) is 4.42. The minimum Gasteiger partial charge on any atom is -0.298 e. The summed E-state index contributed by atoms with van der Waals surface area (Å²) in [6, 6.07) is 8.94. The van der Waals surface area contributed by atoms with Gasteiger partial charge in [-0.15, -0.1) is 0 Å². The number of hydrogen-bond acceptors (Lipinski definition) is 4. The number of sulfone groups is 1. The predicted molar refractivity (Wildman–Crippen MR) is 72.8 cm³/mol. The zero-order chi connectivity index (χ0) is 14.4. The van der Waals surface area contributed by atoms with Crippen molar-refractivity contribution < 1.29 is 13.2 Å². The van der Waals surface area contributed by atoms with Gasteiger partial charge in [0.1, 0.15) is 5.41 Å². The van der Waals surface area contributed by atoms with Gasteiger partial charge < -0.3 is 0 Å². The van der Waals surface area contributed by atoms with Crippen molar-refractivity contribution in [3.05, 3.63) is 29.8 Å². The summed E-state index contributed by atoms with van der Waals surface area (Å²) in [4.78, 5) is 12.6. The fourth-order valence-electron chi connectivity index (χ4n) is 3.47. The Labute approximate surface area is 118 Å². The number of fused-ring (bicyclic) bond motifs is 1. The van der Waals surface area contributed by atoms with Gasteiger partial charge in [0.05, 0.1) is 16.7 Å². The molecule has 1 aliphatic heterocycles. The van der Waals surface area contributed by atoms with E-state index in [1.165, 1.54) is 0 Å². The standard InChI is InChI=1S/C15H15NO3S/c16-10-15(8-4-3-7-14(15)17)12-9-20(18,19)13-6-2-1-5-11(12)13/h1-2,5-6,12H,3-4,7-9H2. The van der Waals surface area contributed by atoms with Gasteiger partial charge >= 0.3 is 0 Å². The molecular formula is C15H15NO3S. The second-order valence-electron chi connectivity index (χ2n) is 5.59. The van der Waals surface area contributed by atoms with Gasteiger partial charge in [0.25, 0.3) is 0 Å². The van der Waals surface area contributed by atoms with Crippen LogP contribution in [0.25, 0.3) is 0 Å². The third-order valence-electron chi connectivity index (χ3n) is 4.53. The summed E-state index contributed by atoms with van der Waals surface area (Å²) in [6.07, 6.45) is 2.45. The van der Waals surface area contributed by atoms with Crippen LogP contribution in [0.5, 0.6) is 0 Å². The van der Waals surface area contributed by atoms with Crippen molar-refractivity contribution in [3.8, 4) is 6.07 Å². The molecule has 0 bridgehead atoms. The summed E-state index contributed by atoms with van der Waals surface area (Å²) >= 11 is 0. The van der Waals surface area contributed by atoms with Crippen LogP contribution in [0.2, 0.25) is 0 Å². The molecular weight excluding hydrogens is 274 g/mol. The van der Waals surface area contributed by atoms with E-state index in [4.69, 9.17) is 0 Å². The summed E-state index contributed by atoms with van der Waals surface area (Å²) in [6.45, 7) is 0. The fraction of sp³-hybridized carbons (Fsp3) is 0.467. The van der Waals surface area contributed by atoms with Crippen molar-refractivity contribution >= 4 is 15.6 Å². The van der Waals surface area contributed by atoms with Gasteiger partial charge in [-0.3, -0.25) is 4.79 Å². The number of rotatable bonds is 1. The smallest absolute Gasteiger partial charge is 0.179 e. The first kappa shape index (κ1) is 13.3. The van der Waals surface area contributed by atoms with Crippen LogP contribution in [0.15, 0.2) is 29.2 Å². The van der Waals surface area contributed by atoms with Crippen LogP contribution in [0.4, 0.5) is 0 Å². The van der Waals surface area contributed by atoms with E-state index in [1.807, 2.05) is 0 Å². The molecule has 1 fully saturated rings. The Morgan fingerprint density at radius 2 is 2.00 bits per heavy atom. The molecule has 104 valence electrons. The molecule has 0 saturated heterocycles. The zero-order valence-electron chi connectivity index (χ0n) is 11.0. The van der Waals surface area contributed by atoms with Crippen LogP contribution in [0.3, 0.4) is 0 Å².